The highest BCUT2D eigenvalue weighted by Gasteiger charge is 2.24. The second kappa shape index (κ2) is 7.98. The van der Waals surface area contributed by atoms with Gasteiger partial charge in [0.2, 0.25) is 0 Å². The normalized spacial score (nSPS) is 12.9. The number of nitrogens with one attached hydrogen (secondary N) is 1. The van der Waals surface area contributed by atoms with Crippen LogP contribution in [0.1, 0.15) is 28.7 Å². The van der Waals surface area contributed by atoms with E-state index in [1.165, 1.54) is 30.3 Å². The molecule has 0 aliphatic rings. The van der Waals surface area contributed by atoms with E-state index in [4.69, 9.17) is 16.3 Å². The van der Waals surface area contributed by atoms with Crippen molar-refractivity contribution < 1.29 is 21.9 Å². The first-order valence-electron chi connectivity index (χ1n) is 8.22. The monoisotopic (exact) mass is 426 g/mol. The van der Waals surface area contributed by atoms with Crippen molar-refractivity contribution in [2.24, 2.45) is 0 Å². The maximum atomic E-state index is 13.6. The SMILES string of the molecule is Cc1[nH]c(C(OCc2cccc(F)c2)c2ccc(F)c(Cl)c2)nc1S(C)(=O)=O. The van der Waals surface area contributed by atoms with Crippen molar-refractivity contribution in [2.45, 2.75) is 24.7 Å². The molecule has 2 aromatic carbocycles. The number of nitrogens with zero attached hydrogens (tertiary/aromatic N) is 1. The molecule has 3 rings (SSSR count). The number of rotatable bonds is 6. The Morgan fingerprint density at radius 3 is 2.57 bits per heavy atom. The van der Waals surface area contributed by atoms with Gasteiger partial charge >= 0.3 is 0 Å². The Morgan fingerprint density at radius 1 is 1.21 bits per heavy atom. The second-order valence-corrected chi connectivity index (χ2v) is 8.66. The zero-order chi connectivity index (χ0) is 20.5. The molecule has 1 unspecified atom stereocenters. The standard InChI is InChI=1S/C19H17ClF2N2O3S/c1-11-19(28(2,25)26)24-18(23-11)17(13-6-7-16(22)15(20)9-13)27-10-12-4-3-5-14(21)8-12/h3-9,17H,10H2,1-2H3,(H,23,24). The van der Waals surface area contributed by atoms with E-state index in [0.29, 0.717) is 16.8 Å². The molecule has 0 bridgehead atoms. The average molecular weight is 427 g/mol. The van der Waals surface area contributed by atoms with Crippen LogP contribution in [0.15, 0.2) is 47.5 Å². The molecule has 0 radical (unpaired) electrons. The van der Waals surface area contributed by atoms with Gasteiger partial charge < -0.3 is 9.72 Å². The highest BCUT2D eigenvalue weighted by Crippen LogP contribution is 2.30. The number of benzene rings is 2. The second-order valence-electron chi connectivity index (χ2n) is 6.32. The highest BCUT2D eigenvalue weighted by molar-refractivity contribution is 7.90. The molecular formula is C19H17ClF2N2O3S. The summed E-state index contributed by atoms with van der Waals surface area (Å²) in [5.41, 5.74) is 1.39. The first kappa shape index (κ1) is 20.4. The third kappa shape index (κ3) is 4.57. The summed E-state index contributed by atoms with van der Waals surface area (Å²) in [6, 6.07) is 9.91. The lowest BCUT2D eigenvalue weighted by Crippen LogP contribution is -2.09. The molecule has 9 heteroatoms. The fourth-order valence-corrected chi connectivity index (χ4v) is 3.83. The van der Waals surface area contributed by atoms with Crippen LogP contribution < -0.4 is 0 Å². The minimum atomic E-state index is -3.55. The molecule has 0 aliphatic carbocycles. The lowest BCUT2D eigenvalue weighted by atomic mass is 10.1. The number of aryl methyl sites for hydroxylation is 1. The summed E-state index contributed by atoms with van der Waals surface area (Å²) < 4.78 is 56.7. The lowest BCUT2D eigenvalue weighted by molar-refractivity contribution is 0.0612. The molecule has 0 saturated heterocycles. The lowest BCUT2D eigenvalue weighted by Gasteiger charge is -2.17. The zero-order valence-electron chi connectivity index (χ0n) is 15.0. The Hall–Kier alpha value is -2.29. The van der Waals surface area contributed by atoms with Gasteiger partial charge in [-0.15, -0.1) is 0 Å². The van der Waals surface area contributed by atoms with Crippen LogP contribution in [-0.2, 0) is 21.2 Å². The summed E-state index contributed by atoms with van der Waals surface area (Å²) in [6.07, 6.45) is 0.188. The topological polar surface area (TPSA) is 72.0 Å². The van der Waals surface area contributed by atoms with Gasteiger partial charge in [0.15, 0.2) is 14.9 Å². The van der Waals surface area contributed by atoms with Crippen molar-refractivity contribution in [1.29, 1.82) is 0 Å². The van der Waals surface area contributed by atoms with Crippen LogP contribution in [0, 0.1) is 18.6 Å². The molecule has 0 amide bonds. The Balaban J connectivity index is 2.00. The molecule has 1 atom stereocenters. The summed E-state index contributed by atoms with van der Waals surface area (Å²) in [5.74, 6) is -0.783. The Labute approximate surface area is 166 Å². The molecule has 0 saturated carbocycles. The maximum absolute atomic E-state index is 13.6. The molecule has 1 aromatic heterocycles. The van der Waals surface area contributed by atoms with Gasteiger partial charge in [0.25, 0.3) is 0 Å². The predicted molar refractivity (Wildman–Crippen MR) is 101 cm³/mol. The van der Waals surface area contributed by atoms with Crippen molar-refractivity contribution in [3.8, 4) is 0 Å². The average Bonchev–Trinajstić information content (AvgIpc) is 3.00. The van der Waals surface area contributed by atoms with E-state index >= 15 is 0 Å². The largest absolute Gasteiger partial charge is 0.361 e. The number of hydrogen-bond donors (Lipinski definition) is 1. The molecular weight excluding hydrogens is 410 g/mol. The van der Waals surface area contributed by atoms with E-state index in [2.05, 4.69) is 9.97 Å². The first-order valence-corrected chi connectivity index (χ1v) is 10.5. The molecule has 0 fully saturated rings. The molecule has 5 nitrogen and oxygen atoms in total. The van der Waals surface area contributed by atoms with Gasteiger partial charge in [0.1, 0.15) is 23.6 Å². The third-order valence-electron chi connectivity index (χ3n) is 4.01. The van der Waals surface area contributed by atoms with E-state index in [1.54, 1.807) is 19.1 Å². The number of ether oxygens (including phenoxy) is 1. The van der Waals surface area contributed by atoms with Crippen molar-refractivity contribution in [3.63, 3.8) is 0 Å². The minimum absolute atomic E-state index is 0.0192. The van der Waals surface area contributed by atoms with Crippen molar-refractivity contribution >= 4 is 21.4 Å². The predicted octanol–water partition coefficient (Wildman–Crippen LogP) is 4.36. The van der Waals surface area contributed by atoms with Gasteiger partial charge in [0.05, 0.1) is 17.3 Å². The van der Waals surface area contributed by atoms with Crippen LogP contribution in [0.5, 0.6) is 0 Å². The number of imidazole rings is 1. The molecule has 0 spiro atoms. The number of aromatic amines is 1. The molecule has 28 heavy (non-hydrogen) atoms. The van der Waals surface area contributed by atoms with E-state index in [-0.39, 0.29) is 22.5 Å². The summed E-state index contributed by atoms with van der Waals surface area (Å²) in [5, 5.41) is -0.210. The van der Waals surface area contributed by atoms with Crippen molar-refractivity contribution in [1.82, 2.24) is 9.97 Å². The van der Waals surface area contributed by atoms with E-state index in [9.17, 15) is 17.2 Å². The fraction of sp³-hybridized carbons (Fsp3) is 0.211. The Morgan fingerprint density at radius 2 is 1.96 bits per heavy atom. The summed E-state index contributed by atoms with van der Waals surface area (Å²) in [7, 11) is -3.55. The number of halogens is 3. The molecule has 3 aromatic rings. The molecule has 0 aliphatic heterocycles. The van der Waals surface area contributed by atoms with Crippen LogP contribution in [-0.4, -0.2) is 24.6 Å². The maximum Gasteiger partial charge on any atom is 0.194 e. The smallest absolute Gasteiger partial charge is 0.194 e. The van der Waals surface area contributed by atoms with Gasteiger partial charge in [-0.05, 0) is 42.3 Å². The minimum Gasteiger partial charge on any atom is -0.361 e. The summed E-state index contributed by atoms with van der Waals surface area (Å²) in [6.45, 7) is 1.60. The van der Waals surface area contributed by atoms with Gasteiger partial charge in [-0.2, -0.15) is 0 Å². The van der Waals surface area contributed by atoms with Gasteiger partial charge in [-0.3, -0.25) is 0 Å². The first-order chi connectivity index (χ1) is 13.1. The van der Waals surface area contributed by atoms with Gasteiger partial charge in [-0.1, -0.05) is 29.8 Å². The number of hydrogen-bond acceptors (Lipinski definition) is 4. The fourth-order valence-electron chi connectivity index (χ4n) is 2.77. The van der Waals surface area contributed by atoms with Crippen LogP contribution in [0.3, 0.4) is 0 Å². The summed E-state index contributed by atoms with van der Waals surface area (Å²) >= 11 is 5.89. The van der Waals surface area contributed by atoms with E-state index in [0.717, 1.165) is 6.26 Å². The zero-order valence-corrected chi connectivity index (χ0v) is 16.6. The third-order valence-corrected chi connectivity index (χ3v) is 5.40. The van der Waals surface area contributed by atoms with Crippen LogP contribution in [0.4, 0.5) is 8.78 Å². The van der Waals surface area contributed by atoms with Crippen LogP contribution in [0.25, 0.3) is 0 Å². The van der Waals surface area contributed by atoms with Gasteiger partial charge in [0, 0.05) is 6.26 Å². The highest BCUT2D eigenvalue weighted by atomic mass is 35.5. The van der Waals surface area contributed by atoms with E-state index in [1.807, 2.05) is 0 Å². The Bertz CT molecular complexity index is 1120. The molecule has 148 valence electrons. The molecule has 1 N–H and O–H groups in total. The molecule has 1 heterocycles. The quantitative estimate of drug-likeness (QED) is 0.635. The van der Waals surface area contributed by atoms with E-state index < -0.39 is 27.6 Å². The van der Waals surface area contributed by atoms with Crippen LogP contribution in [0.2, 0.25) is 5.02 Å². The number of sulfone groups is 1. The summed E-state index contributed by atoms with van der Waals surface area (Å²) in [4.78, 5) is 7.07. The van der Waals surface area contributed by atoms with Crippen molar-refractivity contribution in [2.75, 3.05) is 6.26 Å². The van der Waals surface area contributed by atoms with Crippen LogP contribution >= 0.6 is 11.6 Å². The number of aromatic nitrogens is 2. The number of H-pyrrole nitrogens is 1. The van der Waals surface area contributed by atoms with Crippen molar-refractivity contribution in [3.05, 3.63) is 81.8 Å². The van der Waals surface area contributed by atoms with Gasteiger partial charge in [-0.25, -0.2) is 22.2 Å². The Kier molecular flexibility index (Phi) is 5.83.